The molecule has 3 rings (SSSR count). The van der Waals surface area contributed by atoms with Gasteiger partial charge in [-0.05, 0) is 38.2 Å². The highest BCUT2D eigenvalue weighted by atomic mass is 16.5. The maximum Gasteiger partial charge on any atom is 0.251 e. The highest BCUT2D eigenvalue weighted by Crippen LogP contribution is 2.42. The lowest BCUT2D eigenvalue weighted by atomic mass is 9.74. The van der Waals surface area contributed by atoms with Crippen molar-refractivity contribution in [2.24, 2.45) is 0 Å². The van der Waals surface area contributed by atoms with E-state index in [1.165, 1.54) is 18.7 Å². The lowest BCUT2D eigenvalue weighted by Crippen LogP contribution is -2.52. The van der Waals surface area contributed by atoms with Gasteiger partial charge in [-0.3, -0.25) is 9.59 Å². The van der Waals surface area contributed by atoms with Gasteiger partial charge in [-0.15, -0.1) is 0 Å². The molecule has 1 aromatic rings. The molecule has 5 heteroatoms. The van der Waals surface area contributed by atoms with Gasteiger partial charge in [0.1, 0.15) is 0 Å². The van der Waals surface area contributed by atoms with Crippen molar-refractivity contribution in [3.63, 3.8) is 0 Å². The normalized spacial score (nSPS) is 24.7. The van der Waals surface area contributed by atoms with Gasteiger partial charge in [-0.2, -0.15) is 0 Å². The Bertz CT molecular complexity index is 533. The SMILES string of the molecule is O=C(NC1CCOC2(CCC2)C1)c1cc[nH]c(=O)c1. The van der Waals surface area contributed by atoms with Crippen LogP contribution in [0.15, 0.2) is 23.1 Å². The van der Waals surface area contributed by atoms with Crippen molar-refractivity contribution in [2.75, 3.05) is 6.61 Å². The second-order valence-electron chi connectivity index (χ2n) is 5.49. The molecule has 2 heterocycles. The fourth-order valence-corrected chi connectivity index (χ4v) is 2.93. The maximum atomic E-state index is 12.1. The zero-order valence-electron chi connectivity index (χ0n) is 10.8. The van der Waals surface area contributed by atoms with Crippen LogP contribution in [0.5, 0.6) is 0 Å². The van der Waals surface area contributed by atoms with Crippen molar-refractivity contribution in [2.45, 2.75) is 43.7 Å². The van der Waals surface area contributed by atoms with Crippen LogP contribution in [0.1, 0.15) is 42.5 Å². The van der Waals surface area contributed by atoms with Crippen molar-refractivity contribution in [1.82, 2.24) is 10.3 Å². The Morgan fingerprint density at radius 1 is 1.47 bits per heavy atom. The first-order chi connectivity index (χ1) is 9.17. The van der Waals surface area contributed by atoms with E-state index >= 15 is 0 Å². The van der Waals surface area contributed by atoms with Crippen molar-refractivity contribution >= 4 is 5.91 Å². The number of aromatic amines is 1. The second-order valence-corrected chi connectivity index (χ2v) is 5.49. The van der Waals surface area contributed by atoms with Crippen LogP contribution in [-0.2, 0) is 4.74 Å². The first-order valence-corrected chi connectivity index (χ1v) is 6.80. The molecule has 1 atom stereocenters. The summed E-state index contributed by atoms with van der Waals surface area (Å²) in [6.45, 7) is 0.709. The lowest BCUT2D eigenvalue weighted by molar-refractivity contribution is -0.134. The molecule has 19 heavy (non-hydrogen) atoms. The molecule has 1 saturated carbocycles. The van der Waals surface area contributed by atoms with Gasteiger partial charge in [0.2, 0.25) is 5.56 Å². The third-order valence-corrected chi connectivity index (χ3v) is 4.13. The van der Waals surface area contributed by atoms with Gasteiger partial charge in [0.25, 0.3) is 5.91 Å². The van der Waals surface area contributed by atoms with E-state index in [4.69, 9.17) is 4.74 Å². The molecular weight excluding hydrogens is 244 g/mol. The summed E-state index contributed by atoms with van der Waals surface area (Å²) in [5.41, 5.74) is 0.178. The van der Waals surface area contributed by atoms with Crippen LogP contribution in [0.4, 0.5) is 0 Å². The molecule has 102 valence electrons. The molecule has 2 fully saturated rings. The van der Waals surface area contributed by atoms with E-state index in [9.17, 15) is 9.59 Å². The van der Waals surface area contributed by atoms with Gasteiger partial charge in [-0.25, -0.2) is 0 Å². The first-order valence-electron chi connectivity index (χ1n) is 6.80. The number of carbonyl (C=O) groups excluding carboxylic acids is 1. The summed E-state index contributed by atoms with van der Waals surface area (Å²) >= 11 is 0. The molecule has 0 aromatic carbocycles. The molecule has 1 aromatic heterocycles. The molecule has 1 aliphatic carbocycles. The number of nitrogens with one attached hydrogen (secondary N) is 2. The van der Waals surface area contributed by atoms with Gasteiger partial charge in [-0.1, -0.05) is 0 Å². The Balaban J connectivity index is 1.64. The number of carbonyl (C=O) groups is 1. The van der Waals surface area contributed by atoms with Crippen LogP contribution in [0, 0.1) is 0 Å². The van der Waals surface area contributed by atoms with E-state index in [-0.39, 0.29) is 23.1 Å². The van der Waals surface area contributed by atoms with Gasteiger partial charge in [0, 0.05) is 30.5 Å². The number of H-pyrrole nitrogens is 1. The Labute approximate surface area is 111 Å². The number of ether oxygens (including phenoxy) is 1. The fraction of sp³-hybridized carbons (Fsp3) is 0.571. The average molecular weight is 262 g/mol. The van der Waals surface area contributed by atoms with E-state index in [2.05, 4.69) is 10.3 Å². The van der Waals surface area contributed by atoms with Crippen molar-refractivity contribution < 1.29 is 9.53 Å². The van der Waals surface area contributed by atoms with Gasteiger partial charge >= 0.3 is 0 Å². The first kappa shape index (κ1) is 12.4. The monoisotopic (exact) mass is 262 g/mol. The Kier molecular flexibility index (Phi) is 3.14. The lowest BCUT2D eigenvalue weighted by Gasteiger charge is -2.47. The van der Waals surface area contributed by atoms with E-state index in [0.717, 1.165) is 25.7 Å². The standard InChI is InChI=1S/C14H18N2O3/c17-12-8-10(2-6-15-12)13(18)16-11-3-7-19-14(9-11)4-1-5-14/h2,6,8,11H,1,3-5,7,9H2,(H,15,17)(H,16,18). The van der Waals surface area contributed by atoms with Crippen LogP contribution in [0.25, 0.3) is 0 Å². The zero-order chi connectivity index (χ0) is 13.3. The molecule has 0 bridgehead atoms. The van der Waals surface area contributed by atoms with Crippen molar-refractivity contribution in [1.29, 1.82) is 0 Å². The number of rotatable bonds is 2. The van der Waals surface area contributed by atoms with Crippen LogP contribution in [-0.4, -0.2) is 29.1 Å². The maximum absolute atomic E-state index is 12.1. The molecule has 2 N–H and O–H groups in total. The molecule has 0 radical (unpaired) electrons. The fourth-order valence-electron chi connectivity index (χ4n) is 2.93. The molecule has 1 unspecified atom stereocenters. The Hall–Kier alpha value is -1.62. The number of pyridine rings is 1. The number of aromatic nitrogens is 1. The van der Waals surface area contributed by atoms with Gasteiger partial charge < -0.3 is 15.0 Å². The minimum atomic E-state index is -0.255. The highest BCUT2D eigenvalue weighted by molar-refractivity contribution is 5.94. The highest BCUT2D eigenvalue weighted by Gasteiger charge is 2.42. The summed E-state index contributed by atoms with van der Waals surface area (Å²) in [6.07, 6.45) is 6.65. The van der Waals surface area contributed by atoms with Gasteiger partial charge in [0.15, 0.2) is 0 Å². The smallest absolute Gasteiger partial charge is 0.251 e. The third kappa shape index (κ3) is 2.56. The molecule has 1 spiro atoms. The average Bonchev–Trinajstić information content (AvgIpc) is 2.37. The summed E-state index contributed by atoms with van der Waals surface area (Å²) in [7, 11) is 0. The van der Waals surface area contributed by atoms with Gasteiger partial charge in [0.05, 0.1) is 5.60 Å². The van der Waals surface area contributed by atoms with Crippen LogP contribution in [0.3, 0.4) is 0 Å². The molecular formula is C14H18N2O3. The number of hydrogen-bond donors (Lipinski definition) is 2. The summed E-state index contributed by atoms with van der Waals surface area (Å²) in [5.74, 6) is -0.174. The molecule has 2 aliphatic rings. The van der Waals surface area contributed by atoms with E-state index < -0.39 is 0 Å². The molecule has 1 amide bonds. The minimum Gasteiger partial charge on any atom is -0.375 e. The van der Waals surface area contributed by atoms with E-state index in [0.29, 0.717) is 12.2 Å². The van der Waals surface area contributed by atoms with Crippen LogP contribution >= 0.6 is 0 Å². The quantitative estimate of drug-likeness (QED) is 0.841. The summed E-state index contributed by atoms with van der Waals surface area (Å²) < 4.78 is 5.83. The zero-order valence-corrected chi connectivity index (χ0v) is 10.8. The van der Waals surface area contributed by atoms with E-state index in [1.54, 1.807) is 6.07 Å². The topological polar surface area (TPSA) is 71.2 Å². The largest absolute Gasteiger partial charge is 0.375 e. The number of amides is 1. The molecule has 1 saturated heterocycles. The number of hydrogen-bond acceptors (Lipinski definition) is 3. The predicted octanol–water partition coefficient (Wildman–Crippen LogP) is 1.21. The van der Waals surface area contributed by atoms with E-state index in [1.807, 2.05) is 0 Å². The predicted molar refractivity (Wildman–Crippen MR) is 70.1 cm³/mol. The van der Waals surface area contributed by atoms with Crippen LogP contribution in [0.2, 0.25) is 0 Å². The summed E-state index contributed by atoms with van der Waals surface area (Å²) in [4.78, 5) is 25.8. The molecule has 1 aliphatic heterocycles. The van der Waals surface area contributed by atoms with Crippen molar-refractivity contribution in [3.8, 4) is 0 Å². The second kappa shape index (κ2) is 4.81. The Morgan fingerprint density at radius 3 is 3.00 bits per heavy atom. The Morgan fingerprint density at radius 2 is 2.32 bits per heavy atom. The van der Waals surface area contributed by atoms with Crippen LogP contribution < -0.4 is 10.9 Å². The third-order valence-electron chi connectivity index (χ3n) is 4.13. The molecule has 5 nitrogen and oxygen atoms in total. The summed E-state index contributed by atoms with van der Waals surface area (Å²) in [6, 6.07) is 3.10. The summed E-state index contributed by atoms with van der Waals surface area (Å²) in [5, 5.41) is 3.01. The minimum absolute atomic E-state index is 0.0182. The van der Waals surface area contributed by atoms with Crippen molar-refractivity contribution in [3.05, 3.63) is 34.2 Å².